The predicted molar refractivity (Wildman–Crippen MR) is 67.2 cm³/mol. The Morgan fingerprint density at radius 1 is 1.44 bits per heavy atom. The van der Waals surface area contributed by atoms with E-state index in [1.54, 1.807) is 6.92 Å². The van der Waals surface area contributed by atoms with Gasteiger partial charge in [0.1, 0.15) is 0 Å². The Morgan fingerprint density at radius 2 is 2.11 bits per heavy atom. The lowest BCUT2D eigenvalue weighted by Crippen LogP contribution is -2.05. The molecule has 1 aromatic heterocycles. The van der Waals surface area contributed by atoms with Gasteiger partial charge in [0.25, 0.3) is 5.69 Å². The molecule has 0 amide bonds. The second-order valence-corrected chi connectivity index (χ2v) is 4.33. The fourth-order valence-electron chi connectivity index (χ4n) is 1.45. The number of hydrogen-bond donors (Lipinski definition) is 1. The van der Waals surface area contributed by atoms with Gasteiger partial charge < -0.3 is 5.73 Å². The fourth-order valence-corrected chi connectivity index (χ4v) is 2.02. The minimum Gasteiger partial charge on any atom is -0.381 e. The lowest BCUT2D eigenvalue weighted by molar-refractivity contribution is -0.384. The molecule has 0 saturated heterocycles. The zero-order valence-electron chi connectivity index (χ0n) is 9.09. The number of halogens is 2. The summed E-state index contributed by atoms with van der Waals surface area (Å²) >= 11 is 11.7. The second kappa shape index (κ2) is 4.43. The van der Waals surface area contributed by atoms with E-state index in [4.69, 9.17) is 28.9 Å². The molecular weight excluding hydrogens is 281 g/mol. The van der Waals surface area contributed by atoms with Gasteiger partial charge in [-0.2, -0.15) is 0 Å². The van der Waals surface area contributed by atoms with Gasteiger partial charge in [-0.25, -0.2) is 4.68 Å². The Hall–Kier alpha value is -1.86. The standard InChI is InChI=1S/C9H7Cl2N5O2/c1-4-9(12)13-14-15(4)8-6(11)2-5(10)3-7(8)16(17)18/h2-3H,12H2,1H3. The maximum atomic E-state index is 11.0. The number of nitrogens with zero attached hydrogens (tertiary/aromatic N) is 4. The summed E-state index contributed by atoms with van der Waals surface area (Å²) in [6.45, 7) is 1.63. The number of anilines is 1. The van der Waals surface area contributed by atoms with Crippen LogP contribution in [-0.4, -0.2) is 19.9 Å². The summed E-state index contributed by atoms with van der Waals surface area (Å²) in [6, 6.07) is 2.59. The van der Waals surface area contributed by atoms with Gasteiger partial charge in [0.2, 0.25) is 0 Å². The van der Waals surface area contributed by atoms with E-state index < -0.39 is 4.92 Å². The van der Waals surface area contributed by atoms with Crippen LogP contribution in [0.4, 0.5) is 11.5 Å². The molecule has 1 heterocycles. The monoisotopic (exact) mass is 287 g/mol. The molecule has 0 fully saturated rings. The minimum absolute atomic E-state index is 0.0905. The van der Waals surface area contributed by atoms with Crippen LogP contribution in [0.3, 0.4) is 0 Å². The Labute approximate surface area is 111 Å². The van der Waals surface area contributed by atoms with Crippen LogP contribution in [0.2, 0.25) is 10.0 Å². The summed E-state index contributed by atoms with van der Waals surface area (Å²) in [5, 5.41) is 18.6. The highest BCUT2D eigenvalue weighted by Crippen LogP contribution is 2.34. The second-order valence-electron chi connectivity index (χ2n) is 3.48. The van der Waals surface area contributed by atoms with Gasteiger partial charge in [-0.3, -0.25) is 10.1 Å². The Kier molecular flexibility index (Phi) is 3.10. The van der Waals surface area contributed by atoms with Crippen molar-refractivity contribution in [2.45, 2.75) is 6.92 Å². The number of nitrogen functional groups attached to an aromatic ring is 1. The van der Waals surface area contributed by atoms with Crippen LogP contribution in [0, 0.1) is 17.0 Å². The topological polar surface area (TPSA) is 99.9 Å². The molecule has 0 aliphatic heterocycles. The summed E-state index contributed by atoms with van der Waals surface area (Å²) < 4.78 is 1.21. The third-order valence-electron chi connectivity index (χ3n) is 2.35. The zero-order valence-corrected chi connectivity index (χ0v) is 10.6. The molecule has 2 aromatic rings. The number of nitro benzene ring substituents is 1. The zero-order chi connectivity index (χ0) is 13.4. The van der Waals surface area contributed by atoms with Gasteiger partial charge in [-0.1, -0.05) is 28.4 Å². The van der Waals surface area contributed by atoms with Crippen LogP contribution in [0.1, 0.15) is 5.69 Å². The molecule has 2 N–H and O–H groups in total. The van der Waals surface area contributed by atoms with E-state index in [1.807, 2.05) is 0 Å². The van der Waals surface area contributed by atoms with Crippen LogP contribution in [0.15, 0.2) is 12.1 Å². The molecule has 94 valence electrons. The molecule has 0 atom stereocenters. The first-order chi connectivity index (χ1) is 8.41. The van der Waals surface area contributed by atoms with E-state index in [-0.39, 0.29) is 27.2 Å². The number of nitrogens with two attached hydrogens (primary N) is 1. The number of rotatable bonds is 2. The normalized spacial score (nSPS) is 10.6. The average Bonchev–Trinajstić information content (AvgIpc) is 2.59. The molecule has 7 nitrogen and oxygen atoms in total. The Morgan fingerprint density at radius 3 is 2.61 bits per heavy atom. The molecule has 0 spiro atoms. The van der Waals surface area contributed by atoms with Crippen molar-refractivity contribution in [3.8, 4) is 5.69 Å². The molecule has 0 unspecified atom stereocenters. The van der Waals surface area contributed by atoms with Crippen molar-refractivity contribution >= 4 is 34.7 Å². The maximum absolute atomic E-state index is 11.0. The highest BCUT2D eigenvalue weighted by Gasteiger charge is 2.23. The smallest absolute Gasteiger partial charge is 0.297 e. The van der Waals surface area contributed by atoms with E-state index >= 15 is 0 Å². The van der Waals surface area contributed by atoms with Crippen molar-refractivity contribution in [2.24, 2.45) is 0 Å². The summed E-state index contributed by atoms with van der Waals surface area (Å²) in [5.41, 5.74) is 5.84. The first-order valence-electron chi connectivity index (χ1n) is 4.73. The first-order valence-corrected chi connectivity index (χ1v) is 5.49. The van der Waals surface area contributed by atoms with Crippen molar-refractivity contribution in [1.82, 2.24) is 15.0 Å². The van der Waals surface area contributed by atoms with Crippen LogP contribution in [0.25, 0.3) is 5.69 Å². The summed E-state index contributed by atoms with van der Waals surface area (Å²) in [7, 11) is 0. The summed E-state index contributed by atoms with van der Waals surface area (Å²) in [6.07, 6.45) is 0. The molecule has 2 rings (SSSR count). The predicted octanol–water partition coefficient (Wildman–Crippen LogP) is 2.37. The van der Waals surface area contributed by atoms with E-state index in [2.05, 4.69) is 10.3 Å². The van der Waals surface area contributed by atoms with E-state index in [0.29, 0.717) is 5.69 Å². The Balaban J connectivity index is 2.78. The molecule has 9 heteroatoms. The molecule has 0 aliphatic carbocycles. The molecule has 0 bridgehead atoms. The van der Waals surface area contributed by atoms with Gasteiger partial charge in [-0.05, 0) is 13.0 Å². The summed E-state index contributed by atoms with van der Waals surface area (Å²) in [5.74, 6) is 0.176. The van der Waals surface area contributed by atoms with Crippen LogP contribution < -0.4 is 5.73 Å². The van der Waals surface area contributed by atoms with Crippen molar-refractivity contribution in [1.29, 1.82) is 0 Å². The first kappa shape index (κ1) is 12.6. The molecule has 1 aromatic carbocycles. The molecule has 18 heavy (non-hydrogen) atoms. The highest BCUT2D eigenvalue weighted by molar-refractivity contribution is 6.36. The number of nitro groups is 1. The fraction of sp³-hybridized carbons (Fsp3) is 0.111. The summed E-state index contributed by atoms with van der Waals surface area (Å²) in [4.78, 5) is 10.4. The van der Waals surface area contributed by atoms with Crippen molar-refractivity contribution in [3.63, 3.8) is 0 Å². The highest BCUT2D eigenvalue weighted by atomic mass is 35.5. The Bertz CT molecular complexity index is 640. The van der Waals surface area contributed by atoms with Gasteiger partial charge in [0.05, 0.1) is 15.6 Å². The molecule has 0 radical (unpaired) electrons. The van der Waals surface area contributed by atoms with Gasteiger partial charge in [0.15, 0.2) is 11.5 Å². The average molecular weight is 288 g/mol. The third-order valence-corrected chi connectivity index (χ3v) is 2.85. The number of aromatic nitrogens is 3. The minimum atomic E-state index is -0.593. The van der Waals surface area contributed by atoms with E-state index in [0.717, 1.165) is 0 Å². The van der Waals surface area contributed by atoms with Crippen LogP contribution in [-0.2, 0) is 0 Å². The lowest BCUT2D eigenvalue weighted by Gasteiger charge is -2.07. The SMILES string of the molecule is Cc1c(N)nnn1-c1c(Cl)cc(Cl)cc1[N+](=O)[O-]. The number of benzene rings is 1. The van der Waals surface area contributed by atoms with Gasteiger partial charge in [-0.15, -0.1) is 5.10 Å². The van der Waals surface area contributed by atoms with Crippen LogP contribution in [0.5, 0.6) is 0 Å². The van der Waals surface area contributed by atoms with Gasteiger partial charge >= 0.3 is 0 Å². The molecule has 0 aliphatic rings. The molecule has 0 saturated carbocycles. The quantitative estimate of drug-likeness (QED) is 0.675. The van der Waals surface area contributed by atoms with E-state index in [1.165, 1.54) is 16.8 Å². The van der Waals surface area contributed by atoms with Crippen LogP contribution >= 0.6 is 23.2 Å². The van der Waals surface area contributed by atoms with Gasteiger partial charge in [0, 0.05) is 11.1 Å². The maximum Gasteiger partial charge on any atom is 0.297 e. The third kappa shape index (κ3) is 1.98. The largest absolute Gasteiger partial charge is 0.381 e. The number of hydrogen-bond acceptors (Lipinski definition) is 5. The van der Waals surface area contributed by atoms with Crippen molar-refractivity contribution < 1.29 is 4.92 Å². The van der Waals surface area contributed by atoms with E-state index in [9.17, 15) is 10.1 Å². The van der Waals surface area contributed by atoms with Crippen molar-refractivity contribution in [2.75, 3.05) is 5.73 Å². The molecular formula is C9H7Cl2N5O2. The lowest BCUT2D eigenvalue weighted by atomic mass is 10.2. The van der Waals surface area contributed by atoms with Crippen molar-refractivity contribution in [3.05, 3.63) is 38.0 Å².